The van der Waals surface area contributed by atoms with Gasteiger partial charge in [0, 0.05) is 16.7 Å². The number of amides is 1. The minimum absolute atomic E-state index is 0.185. The smallest absolute Gasteiger partial charge is 0.244 e. The Morgan fingerprint density at radius 2 is 1.91 bits per heavy atom. The molecule has 0 bridgehead atoms. The molecule has 4 nitrogen and oxygen atoms in total. The van der Waals surface area contributed by atoms with E-state index in [1.165, 1.54) is 6.08 Å². The molecule has 0 spiro atoms. The molecule has 0 fully saturated rings. The number of para-hydroxylation sites is 1. The predicted octanol–water partition coefficient (Wildman–Crippen LogP) is 3.56. The molecule has 0 saturated heterocycles. The zero-order valence-electron chi connectivity index (χ0n) is 12.8. The molecule has 0 atom stereocenters. The van der Waals surface area contributed by atoms with E-state index in [0.29, 0.717) is 23.9 Å². The van der Waals surface area contributed by atoms with Crippen molar-refractivity contribution in [1.82, 2.24) is 5.32 Å². The second-order valence-electron chi connectivity index (χ2n) is 4.67. The van der Waals surface area contributed by atoms with E-state index < -0.39 is 0 Å². The summed E-state index contributed by atoms with van der Waals surface area (Å²) in [7, 11) is 1.60. The van der Waals surface area contributed by atoms with E-state index in [1.54, 1.807) is 37.5 Å². The van der Waals surface area contributed by atoms with E-state index in [2.05, 4.69) is 5.32 Å². The number of rotatable bonds is 7. The van der Waals surface area contributed by atoms with Crippen LogP contribution in [0.5, 0.6) is 11.5 Å². The third kappa shape index (κ3) is 5.68. The van der Waals surface area contributed by atoms with E-state index in [4.69, 9.17) is 21.1 Å². The van der Waals surface area contributed by atoms with Gasteiger partial charge in [-0.15, -0.1) is 0 Å². The molecule has 23 heavy (non-hydrogen) atoms. The maximum atomic E-state index is 11.8. The molecule has 0 saturated carbocycles. The van der Waals surface area contributed by atoms with Crippen molar-refractivity contribution >= 4 is 23.6 Å². The van der Waals surface area contributed by atoms with Gasteiger partial charge in [-0.05, 0) is 36.4 Å². The summed E-state index contributed by atoms with van der Waals surface area (Å²) in [5.74, 6) is 1.26. The molecule has 2 aromatic carbocycles. The van der Waals surface area contributed by atoms with Gasteiger partial charge in [-0.25, -0.2) is 0 Å². The van der Waals surface area contributed by atoms with Crippen molar-refractivity contribution in [3.05, 3.63) is 65.2 Å². The molecule has 2 rings (SSSR count). The Labute approximate surface area is 140 Å². The molecule has 0 aliphatic heterocycles. The Morgan fingerprint density at radius 3 is 2.65 bits per heavy atom. The average molecular weight is 332 g/mol. The van der Waals surface area contributed by atoms with Crippen LogP contribution >= 0.6 is 11.6 Å². The molecule has 1 amide bonds. The van der Waals surface area contributed by atoms with Crippen molar-refractivity contribution in [2.24, 2.45) is 0 Å². The minimum Gasteiger partial charge on any atom is -0.496 e. The first-order chi connectivity index (χ1) is 11.2. The van der Waals surface area contributed by atoms with Crippen molar-refractivity contribution < 1.29 is 14.3 Å². The van der Waals surface area contributed by atoms with Gasteiger partial charge in [0.1, 0.15) is 18.1 Å². The number of carbonyl (C=O) groups is 1. The highest BCUT2D eigenvalue weighted by atomic mass is 35.5. The number of hydrogen-bond acceptors (Lipinski definition) is 3. The summed E-state index contributed by atoms with van der Waals surface area (Å²) < 4.78 is 10.7. The first kappa shape index (κ1) is 16.9. The van der Waals surface area contributed by atoms with Gasteiger partial charge >= 0.3 is 0 Å². The molecule has 0 heterocycles. The van der Waals surface area contributed by atoms with Gasteiger partial charge in [-0.1, -0.05) is 29.8 Å². The molecular weight excluding hydrogens is 314 g/mol. The van der Waals surface area contributed by atoms with Crippen molar-refractivity contribution in [2.75, 3.05) is 20.3 Å². The number of carbonyl (C=O) groups excluding carboxylic acids is 1. The number of halogens is 1. The fourth-order valence-electron chi connectivity index (χ4n) is 1.90. The van der Waals surface area contributed by atoms with Crippen LogP contribution in [0.25, 0.3) is 6.08 Å². The van der Waals surface area contributed by atoms with Crippen LogP contribution in [0.4, 0.5) is 0 Å². The number of hydrogen-bond donors (Lipinski definition) is 1. The fourth-order valence-corrected chi connectivity index (χ4v) is 2.03. The van der Waals surface area contributed by atoms with E-state index >= 15 is 0 Å². The van der Waals surface area contributed by atoms with Crippen molar-refractivity contribution in [2.45, 2.75) is 0 Å². The lowest BCUT2D eigenvalue weighted by atomic mass is 10.2. The zero-order chi connectivity index (χ0) is 16.5. The molecular formula is C18H18ClNO3. The topological polar surface area (TPSA) is 47.6 Å². The molecule has 1 N–H and O–H groups in total. The fraction of sp³-hybridized carbons (Fsp3) is 0.167. The van der Waals surface area contributed by atoms with Crippen LogP contribution in [0.2, 0.25) is 5.02 Å². The molecule has 120 valence electrons. The van der Waals surface area contributed by atoms with Crippen LogP contribution in [0, 0.1) is 0 Å². The summed E-state index contributed by atoms with van der Waals surface area (Å²) >= 11 is 5.79. The second kappa shape index (κ2) is 8.86. The maximum absolute atomic E-state index is 11.8. The number of methoxy groups -OCH3 is 1. The van der Waals surface area contributed by atoms with E-state index in [9.17, 15) is 4.79 Å². The molecule has 5 heteroatoms. The highest BCUT2D eigenvalue weighted by Crippen LogP contribution is 2.18. The Kier molecular flexibility index (Phi) is 6.51. The molecule has 0 radical (unpaired) electrons. The third-order valence-corrected chi connectivity index (χ3v) is 3.29. The predicted molar refractivity (Wildman–Crippen MR) is 92.0 cm³/mol. The molecule has 0 aliphatic carbocycles. The highest BCUT2D eigenvalue weighted by Gasteiger charge is 1.99. The number of nitrogens with one attached hydrogen (secondary N) is 1. The lowest BCUT2D eigenvalue weighted by Gasteiger charge is -2.06. The summed E-state index contributed by atoms with van der Waals surface area (Å²) in [4.78, 5) is 11.8. The van der Waals surface area contributed by atoms with Crippen LogP contribution in [-0.2, 0) is 4.79 Å². The monoisotopic (exact) mass is 331 g/mol. The van der Waals surface area contributed by atoms with Crippen LogP contribution in [0.15, 0.2) is 54.6 Å². The van der Waals surface area contributed by atoms with Gasteiger partial charge < -0.3 is 14.8 Å². The minimum atomic E-state index is -0.185. The van der Waals surface area contributed by atoms with Gasteiger partial charge in [-0.2, -0.15) is 0 Å². The van der Waals surface area contributed by atoms with Crippen LogP contribution < -0.4 is 14.8 Å². The van der Waals surface area contributed by atoms with Crippen molar-refractivity contribution in [3.8, 4) is 11.5 Å². The number of ether oxygens (including phenoxy) is 2. The lowest BCUT2D eigenvalue weighted by molar-refractivity contribution is -0.116. The van der Waals surface area contributed by atoms with Gasteiger partial charge in [-0.3, -0.25) is 4.79 Å². The summed E-state index contributed by atoms with van der Waals surface area (Å²) in [6.45, 7) is 0.799. The largest absolute Gasteiger partial charge is 0.496 e. The molecule has 2 aromatic rings. The molecule has 0 aromatic heterocycles. The molecule has 0 unspecified atom stereocenters. The van der Waals surface area contributed by atoms with E-state index in [0.717, 1.165) is 11.3 Å². The summed E-state index contributed by atoms with van der Waals surface area (Å²) in [5, 5.41) is 3.41. The standard InChI is InChI=1S/C18H18ClNO3/c1-22-17-5-3-2-4-14(17)6-11-18(21)20-12-13-23-16-9-7-15(19)8-10-16/h2-11H,12-13H2,1H3,(H,20,21)/b11-6+. The SMILES string of the molecule is COc1ccccc1/C=C/C(=O)NCCOc1ccc(Cl)cc1. The normalized spacial score (nSPS) is 10.5. The first-order valence-electron chi connectivity index (χ1n) is 7.16. The van der Waals surface area contributed by atoms with Crippen molar-refractivity contribution in [3.63, 3.8) is 0 Å². The molecule has 0 aliphatic rings. The Balaban J connectivity index is 1.74. The van der Waals surface area contributed by atoms with Crippen molar-refractivity contribution in [1.29, 1.82) is 0 Å². The average Bonchev–Trinajstić information content (AvgIpc) is 2.58. The summed E-state index contributed by atoms with van der Waals surface area (Å²) in [5.41, 5.74) is 0.850. The van der Waals surface area contributed by atoms with Crippen LogP contribution in [0.1, 0.15) is 5.56 Å². The van der Waals surface area contributed by atoms with Gasteiger partial charge in [0.15, 0.2) is 0 Å². The number of benzene rings is 2. The summed E-state index contributed by atoms with van der Waals surface area (Å²) in [6, 6.07) is 14.6. The Bertz CT molecular complexity index is 668. The van der Waals surface area contributed by atoms with Crippen LogP contribution in [0.3, 0.4) is 0 Å². The zero-order valence-corrected chi connectivity index (χ0v) is 13.5. The maximum Gasteiger partial charge on any atom is 0.244 e. The second-order valence-corrected chi connectivity index (χ2v) is 5.11. The van der Waals surface area contributed by atoms with Gasteiger partial charge in [0.05, 0.1) is 13.7 Å². The van der Waals surface area contributed by atoms with E-state index in [-0.39, 0.29) is 5.91 Å². The quantitative estimate of drug-likeness (QED) is 0.623. The Morgan fingerprint density at radius 1 is 1.17 bits per heavy atom. The van der Waals surface area contributed by atoms with E-state index in [1.807, 2.05) is 24.3 Å². The Hall–Kier alpha value is -2.46. The first-order valence-corrected chi connectivity index (χ1v) is 7.54. The van der Waals surface area contributed by atoms with Gasteiger partial charge in [0.2, 0.25) is 5.91 Å². The van der Waals surface area contributed by atoms with Gasteiger partial charge in [0.25, 0.3) is 0 Å². The lowest BCUT2D eigenvalue weighted by Crippen LogP contribution is -2.26. The third-order valence-electron chi connectivity index (χ3n) is 3.04. The summed E-state index contributed by atoms with van der Waals surface area (Å²) in [6.07, 6.45) is 3.19. The van der Waals surface area contributed by atoms with Crippen LogP contribution in [-0.4, -0.2) is 26.2 Å². The highest BCUT2D eigenvalue weighted by molar-refractivity contribution is 6.30.